The molecule has 2 rings (SSSR count). The maximum Gasteiger partial charge on any atom is 0.227 e. The van der Waals surface area contributed by atoms with Crippen molar-refractivity contribution in [2.75, 3.05) is 11.4 Å². The topological polar surface area (TPSA) is 67.2 Å². The van der Waals surface area contributed by atoms with Crippen molar-refractivity contribution in [1.82, 2.24) is 15.1 Å². The lowest BCUT2D eigenvalue weighted by molar-refractivity contribution is -0.126. The van der Waals surface area contributed by atoms with Crippen molar-refractivity contribution in [1.29, 1.82) is 0 Å². The molecule has 2 amide bonds. The van der Waals surface area contributed by atoms with Crippen LogP contribution in [0, 0.1) is 5.92 Å². The molecule has 6 nitrogen and oxygen atoms in total. The summed E-state index contributed by atoms with van der Waals surface area (Å²) in [6, 6.07) is 0.395. The number of rotatable bonds is 5. The third-order valence-corrected chi connectivity index (χ3v) is 3.93. The predicted octanol–water partition coefficient (Wildman–Crippen LogP) is 1.73. The lowest BCUT2D eigenvalue weighted by Gasteiger charge is -2.16. The molecule has 2 heterocycles. The average Bonchev–Trinajstić information content (AvgIpc) is 3.04. The lowest BCUT2D eigenvalue weighted by atomic mass is 10.1. The molecule has 0 aromatic carbocycles. The van der Waals surface area contributed by atoms with Crippen molar-refractivity contribution in [2.24, 2.45) is 5.92 Å². The van der Waals surface area contributed by atoms with Gasteiger partial charge in [-0.1, -0.05) is 6.92 Å². The van der Waals surface area contributed by atoms with Crippen LogP contribution in [0.5, 0.6) is 0 Å². The van der Waals surface area contributed by atoms with E-state index in [1.807, 2.05) is 38.6 Å². The minimum absolute atomic E-state index is 0.0115. The first kappa shape index (κ1) is 15.5. The lowest BCUT2D eigenvalue weighted by Crippen LogP contribution is -2.38. The number of aromatic nitrogens is 2. The zero-order valence-corrected chi connectivity index (χ0v) is 13.2. The number of hydrogen-bond donors (Lipinski definition) is 1. The summed E-state index contributed by atoms with van der Waals surface area (Å²) < 4.78 is 1.81. The summed E-state index contributed by atoms with van der Waals surface area (Å²) in [7, 11) is 0. The van der Waals surface area contributed by atoms with E-state index in [1.54, 1.807) is 11.1 Å². The highest BCUT2D eigenvalue weighted by Crippen LogP contribution is 2.25. The van der Waals surface area contributed by atoms with Gasteiger partial charge in [0, 0.05) is 31.2 Å². The van der Waals surface area contributed by atoms with Gasteiger partial charge in [-0.15, -0.1) is 0 Å². The molecule has 1 N–H and O–H groups in total. The molecular weight excluding hydrogens is 268 g/mol. The van der Waals surface area contributed by atoms with E-state index < -0.39 is 0 Å². The normalized spacial score (nSPS) is 20.1. The predicted molar refractivity (Wildman–Crippen MR) is 81.0 cm³/mol. The van der Waals surface area contributed by atoms with Gasteiger partial charge in [-0.05, 0) is 27.2 Å². The Balaban J connectivity index is 2.03. The number of hydrogen-bond acceptors (Lipinski definition) is 3. The number of nitrogens with one attached hydrogen (secondary N) is 1. The second-order valence-corrected chi connectivity index (χ2v) is 6.00. The van der Waals surface area contributed by atoms with Crippen LogP contribution in [0.1, 0.15) is 46.6 Å². The van der Waals surface area contributed by atoms with Crippen LogP contribution in [0.3, 0.4) is 0 Å². The third kappa shape index (κ3) is 3.43. The number of carbonyl (C=O) groups excluding carboxylic acids is 2. The average molecular weight is 292 g/mol. The fourth-order valence-electron chi connectivity index (χ4n) is 2.35. The van der Waals surface area contributed by atoms with Crippen LogP contribution in [-0.4, -0.2) is 34.2 Å². The van der Waals surface area contributed by atoms with Crippen LogP contribution >= 0.6 is 0 Å². The zero-order chi connectivity index (χ0) is 15.6. The Labute approximate surface area is 125 Å². The quantitative estimate of drug-likeness (QED) is 0.898. The first-order valence-electron chi connectivity index (χ1n) is 7.57. The molecular formula is C15H24N4O2. The highest BCUT2D eigenvalue weighted by atomic mass is 16.2. The Morgan fingerprint density at radius 3 is 2.76 bits per heavy atom. The van der Waals surface area contributed by atoms with Gasteiger partial charge >= 0.3 is 0 Å². The first-order valence-corrected chi connectivity index (χ1v) is 7.57. The molecule has 0 saturated carbocycles. The monoisotopic (exact) mass is 292 g/mol. The molecule has 0 radical (unpaired) electrons. The van der Waals surface area contributed by atoms with Crippen LogP contribution in [0.15, 0.2) is 12.4 Å². The number of nitrogens with zero attached hydrogens (tertiary/aromatic N) is 3. The fourth-order valence-corrected chi connectivity index (χ4v) is 2.35. The molecule has 0 bridgehead atoms. The highest BCUT2D eigenvalue weighted by Gasteiger charge is 2.35. The summed E-state index contributed by atoms with van der Waals surface area (Å²) in [4.78, 5) is 25.9. The van der Waals surface area contributed by atoms with Gasteiger partial charge < -0.3 is 10.2 Å². The van der Waals surface area contributed by atoms with Crippen LogP contribution in [-0.2, 0) is 9.59 Å². The first-order chi connectivity index (χ1) is 9.92. The van der Waals surface area contributed by atoms with Crippen LogP contribution in [0.25, 0.3) is 0 Å². The second-order valence-electron chi connectivity index (χ2n) is 6.00. The largest absolute Gasteiger partial charge is 0.353 e. The molecule has 21 heavy (non-hydrogen) atoms. The summed E-state index contributed by atoms with van der Waals surface area (Å²) in [6.07, 6.45) is 4.71. The minimum Gasteiger partial charge on any atom is -0.353 e. The van der Waals surface area contributed by atoms with Crippen LogP contribution in [0.2, 0.25) is 0 Å². The molecule has 6 heteroatoms. The fraction of sp³-hybridized carbons (Fsp3) is 0.667. The SMILES string of the molecule is CCC(C)NC(=O)C1CC(=O)N(c2cnn(C(C)C)c2)C1. The minimum atomic E-state index is -0.270. The summed E-state index contributed by atoms with van der Waals surface area (Å²) in [5.41, 5.74) is 0.771. The van der Waals surface area contributed by atoms with Gasteiger partial charge in [-0.25, -0.2) is 0 Å². The molecule has 116 valence electrons. The second kappa shape index (κ2) is 6.28. The molecule has 1 fully saturated rings. The van der Waals surface area contributed by atoms with Crippen LogP contribution < -0.4 is 10.2 Å². The van der Waals surface area contributed by atoms with E-state index in [-0.39, 0.29) is 36.2 Å². The van der Waals surface area contributed by atoms with Crippen molar-refractivity contribution < 1.29 is 9.59 Å². The Kier molecular flexibility index (Phi) is 4.65. The summed E-state index contributed by atoms with van der Waals surface area (Å²) in [5, 5.41) is 7.20. The van der Waals surface area contributed by atoms with Crippen molar-refractivity contribution in [2.45, 2.75) is 52.6 Å². The maximum absolute atomic E-state index is 12.1. The van der Waals surface area contributed by atoms with Gasteiger partial charge in [0.1, 0.15) is 0 Å². The molecule has 1 aliphatic rings. The maximum atomic E-state index is 12.1. The van der Waals surface area contributed by atoms with E-state index in [0.717, 1.165) is 12.1 Å². The summed E-state index contributed by atoms with van der Waals surface area (Å²) in [6.45, 7) is 8.50. The zero-order valence-electron chi connectivity index (χ0n) is 13.2. The smallest absolute Gasteiger partial charge is 0.227 e. The van der Waals surface area contributed by atoms with E-state index in [9.17, 15) is 9.59 Å². The highest BCUT2D eigenvalue weighted by molar-refractivity contribution is 6.00. The summed E-state index contributed by atoms with van der Waals surface area (Å²) >= 11 is 0. The Morgan fingerprint density at radius 1 is 1.48 bits per heavy atom. The Hall–Kier alpha value is -1.85. The van der Waals surface area contributed by atoms with Gasteiger partial charge in [-0.2, -0.15) is 5.10 Å². The van der Waals surface area contributed by atoms with Crippen molar-refractivity contribution >= 4 is 17.5 Å². The molecule has 2 atom stereocenters. The molecule has 2 unspecified atom stereocenters. The van der Waals surface area contributed by atoms with Crippen molar-refractivity contribution in [3.63, 3.8) is 0 Å². The van der Waals surface area contributed by atoms with Gasteiger partial charge in [0.05, 0.1) is 17.8 Å². The standard InChI is InChI=1S/C15H24N4O2/c1-5-11(4)17-15(21)12-6-14(20)18(8-12)13-7-16-19(9-13)10(2)3/h7,9-12H,5-6,8H2,1-4H3,(H,17,21). The van der Waals surface area contributed by atoms with Gasteiger partial charge in [0.15, 0.2) is 0 Å². The Bertz CT molecular complexity index is 523. The van der Waals surface area contributed by atoms with E-state index in [1.165, 1.54) is 0 Å². The molecule has 0 spiro atoms. The molecule has 1 aromatic heterocycles. The van der Waals surface area contributed by atoms with Crippen LogP contribution in [0.4, 0.5) is 5.69 Å². The van der Waals surface area contributed by atoms with E-state index in [2.05, 4.69) is 10.4 Å². The molecule has 1 saturated heterocycles. The van der Waals surface area contributed by atoms with E-state index in [4.69, 9.17) is 0 Å². The number of anilines is 1. The molecule has 1 aromatic rings. The number of carbonyl (C=O) groups is 2. The third-order valence-electron chi connectivity index (χ3n) is 3.93. The van der Waals surface area contributed by atoms with Crippen molar-refractivity contribution in [3.8, 4) is 0 Å². The van der Waals surface area contributed by atoms with E-state index >= 15 is 0 Å². The van der Waals surface area contributed by atoms with Crippen molar-refractivity contribution in [3.05, 3.63) is 12.4 Å². The van der Waals surface area contributed by atoms with Gasteiger partial charge in [0.25, 0.3) is 0 Å². The van der Waals surface area contributed by atoms with Gasteiger partial charge in [-0.3, -0.25) is 14.3 Å². The Morgan fingerprint density at radius 2 is 2.19 bits per heavy atom. The van der Waals surface area contributed by atoms with E-state index in [0.29, 0.717) is 6.54 Å². The number of amides is 2. The molecule has 1 aliphatic heterocycles. The van der Waals surface area contributed by atoms with Gasteiger partial charge in [0.2, 0.25) is 11.8 Å². The summed E-state index contributed by atoms with van der Waals surface area (Å²) in [5.74, 6) is -0.312. The molecule has 0 aliphatic carbocycles.